The van der Waals surface area contributed by atoms with E-state index in [0.29, 0.717) is 36.4 Å². The van der Waals surface area contributed by atoms with Gasteiger partial charge >= 0.3 is 6.09 Å². The molecule has 3 heterocycles. The Balaban J connectivity index is 1.34. The van der Waals surface area contributed by atoms with E-state index in [9.17, 15) is 4.79 Å². The average Bonchev–Trinajstić information content (AvgIpc) is 3.28. The predicted molar refractivity (Wildman–Crippen MR) is 104 cm³/mol. The lowest BCUT2D eigenvalue weighted by molar-refractivity contribution is 0.132. The van der Waals surface area contributed by atoms with Gasteiger partial charge in [-0.1, -0.05) is 17.7 Å². The summed E-state index contributed by atoms with van der Waals surface area (Å²) < 4.78 is 7.30. The molecule has 0 saturated carbocycles. The van der Waals surface area contributed by atoms with Crippen molar-refractivity contribution in [2.24, 2.45) is 0 Å². The zero-order chi connectivity index (χ0) is 20.2. The summed E-state index contributed by atoms with van der Waals surface area (Å²) in [6.45, 7) is 1.41. The van der Waals surface area contributed by atoms with Gasteiger partial charge in [0.1, 0.15) is 18.7 Å². The molecule has 0 unspecified atom stereocenters. The number of amides is 1. The molecule has 0 radical (unpaired) electrons. The summed E-state index contributed by atoms with van der Waals surface area (Å²) in [4.78, 5) is 17.0. The van der Waals surface area contributed by atoms with Crippen LogP contribution >= 0.6 is 11.6 Å². The summed E-state index contributed by atoms with van der Waals surface area (Å²) >= 11 is 6.30. The highest BCUT2D eigenvalue weighted by molar-refractivity contribution is 6.32. The number of carbonyl (C=O) groups is 1. The number of likely N-dealkylation sites (tertiary alicyclic amines) is 1. The highest BCUT2D eigenvalue weighted by Gasteiger charge is 2.23. The number of aromatic nitrogens is 5. The normalized spacial score (nSPS) is 14.7. The molecule has 1 aliphatic rings. The number of ether oxygens (including phenoxy) is 1. The van der Waals surface area contributed by atoms with E-state index in [2.05, 4.69) is 20.5 Å². The predicted octanol–water partition coefficient (Wildman–Crippen LogP) is 3.15. The third-order valence-electron chi connectivity index (χ3n) is 4.99. The molecule has 1 aromatic carbocycles. The van der Waals surface area contributed by atoms with Crippen LogP contribution in [0.5, 0.6) is 5.75 Å². The summed E-state index contributed by atoms with van der Waals surface area (Å²) in [6, 6.07) is 9.28. The Labute approximate surface area is 171 Å². The maximum absolute atomic E-state index is 11.0. The van der Waals surface area contributed by atoms with E-state index in [0.717, 1.165) is 29.8 Å². The van der Waals surface area contributed by atoms with Gasteiger partial charge in [0, 0.05) is 19.3 Å². The van der Waals surface area contributed by atoms with E-state index in [-0.39, 0.29) is 0 Å². The maximum atomic E-state index is 11.0. The molecular weight excluding hydrogens is 396 g/mol. The summed E-state index contributed by atoms with van der Waals surface area (Å²) in [6.07, 6.45) is 4.12. The minimum atomic E-state index is -0.848. The second kappa shape index (κ2) is 8.44. The van der Waals surface area contributed by atoms with Gasteiger partial charge in [-0.15, -0.1) is 5.10 Å². The maximum Gasteiger partial charge on any atom is 0.407 e. The Morgan fingerprint density at radius 2 is 2.07 bits per heavy atom. The lowest BCUT2D eigenvalue weighted by Gasteiger charge is -2.30. The third-order valence-corrected chi connectivity index (χ3v) is 5.28. The van der Waals surface area contributed by atoms with Crippen LogP contribution in [0.25, 0.3) is 5.69 Å². The van der Waals surface area contributed by atoms with Crippen LogP contribution in [0, 0.1) is 0 Å². The number of hydrogen-bond donors (Lipinski definition) is 1. The number of hydrogen-bond acceptors (Lipinski definition) is 6. The first-order chi connectivity index (χ1) is 14.1. The smallest absolute Gasteiger partial charge is 0.407 e. The summed E-state index contributed by atoms with van der Waals surface area (Å²) in [5.41, 5.74) is 2.66. The Bertz CT molecular complexity index is 972. The minimum absolute atomic E-state index is 0.293. The highest BCUT2D eigenvalue weighted by atomic mass is 35.5. The van der Waals surface area contributed by atoms with Crippen molar-refractivity contribution in [3.8, 4) is 11.4 Å². The minimum Gasteiger partial charge on any atom is -0.486 e. The average molecular weight is 415 g/mol. The molecule has 1 amide bonds. The van der Waals surface area contributed by atoms with Gasteiger partial charge in [0.15, 0.2) is 0 Å². The fourth-order valence-corrected chi connectivity index (χ4v) is 3.58. The molecule has 4 rings (SSSR count). The molecular formula is C19H19ClN6O3. The molecule has 2 aromatic heterocycles. The lowest BCUT2D eigenvalue weighted by atomic mass is 9.90. The number of carboxylic acid groups (broad SMARTS) is 1. The summed E-state index contributed by atoms with van der Waals surface area (Å²) in [5.74, 6) is 0.886. The molecule has 150 valence electrons. The van der Waals surface area contributed by atoms with E-state index in [1.807, 2.05) is 24.4 Å². The number of pyridine rings is 1. The van der Waals surface area contributed by atoms with Crippen molar-refractivity contribution in [3.63, 3.8) is 0 Å². The Morgan fingerprint density at radius 3 is 2.69 bits per heavy atom. The lowest BCUT2D eigenvalue weighted by Crippen LogP contribution is -2.36. The Kier molecular flexibility index (Phi) is 5.57. The molecule has 29 heavy (non-hydrogen) atoms. The first-order valence-corrected chi connectivity index (χ1v) is 9.56. The quantitative estimate of drug-likeness (QED) is 0.683. The molecule has 1 aliphatic heterocycles. The number of piperidine rings is 1. The number of tetrazole rings is 1. The highest BCUT2D eigenvalue weighted by Crippen LogP contribution is 2.29. The van der Waals surface area contributed by atoms with Crippen LogP contribution in [0.4, 0.5) is 4.79 Å². The van der Waals surface area contributed by atoms with Crippen molar-refractivity contribution in [2.45, 2.75) is 25.4 Å². The fourth-order valence-electron chi connectivity index (χ4n) is 3.35. The SMILES string of the molecule is O=C(O)N1CCC(c2ccc(COc3ccc(-n4cnnn4)cc3Cl)nc2)CC1. The number of benzene rings is 1. The first kappa shape index (κ1) is 19.1. The van der Waals surface area contributed by atoms with Gasteiger partial charge in [-0.05, 0) is 59.0 Å². The van der Waals surface area contributed by atoms with Crippen LogP contribution in [-0.4, -0.2) is 54.4 Å². The fraction of sp³-hybridized carbons (Fsp3) is 0.316. The van der Waals surface area contributed by atoms with Gasteiger partial charge in [-0.25, -0.2) is 9.48 Å². The van der Waals surface area contributed by atoms with Crippen LogP contribution in [0.3, 0.4) is 0 Å². The second-order valence-electron chi connectivity index (χ2n) is 6.78. The van der Waals surface area contributed by atoms with Crippen LogP contribution in [0.15, 0.2) is 42.9 Å². The van der Waals surface area contributed by atoms with Gasteiger partial charge in [0.2, 0.25) is 0 Å². The summed E-state index contributed by atoms with van der Waals surface area (Å²) in [7, 11) is 0. The van der Waals surface area contributed by atoms with Crippen molar-refractivity contribution in [3.05, 3.63) is 59.1 Å². The Hall–Kier alpha value is -3.20. The number of nitrogens with zero attached hydrogens (tertiary/aromatic N) is 6. The second-order valence-corrected chi connectivity index (χ2v) is 7.19. The van der Waals surface area contributed by atoms with Crippen molar-refractivity contribution in [1.82, 2.24) is 30.1 Å². The zero-order valence-electron chi connectivity index (χ0n) is 15.5. The molecule has 9 nitrogen and oxygen atoms in total. The topological polar surface area (TPSA) is 106 Å². The molecule has 10 heteroatoms. The molecule has 0 spiro atoms. The van der Waals surface area contributed by atoms with E-state index in [1.54, 1.807) is 12.1 Å². The molecule has 3 aromatic rings. The standard InChI is InChI=1S/C19H19ClN6O3/c20-17-9-16(26-12-22-23-24-26)3-4-18(17)29-11-15-2-1-14(10-21-15)13-5-7-25(8-6-13)19(27)28/h1-4,9-10,12-13H,5-8,11H2,(H,27,28). The van der Waals surface area contributed by atoms with E-state index < -0.39 is 6.09 Å². The molecule has 0 aliphatic carbocycles. The third kappa shape index (κ3) is 4.45. The number of halogens is 1. The van der Waals surface area contributed by atoms with Gasteiger partial charge in [0.05, 0.1) is 16.4 Å². The molecule has 1 N–H and O–H groups in total. The largest absolute Gasteiger partial charge is 0.486 e. The molecule has 0 atom stereocenters. The zero-order valence-corrected chi connectivity index (χ0v) is 16.2. The molecule has 1 fully saturated rings. The van der Waals surface area contributed by atoms with E-state index in [1.165, 1.54) is 15.9 Å². The molecule has 0 bridgehead atoms. The van der Waals surface area contributed by atoms with Crippen molar-refractivity contribution in [2.75, 3.05) is 13.1 Å². The first-order valence-electron chi connectivity index (χ1n) is 9.18. The van der Waals surface area contributed by atoms with Gasteiger partial charge < -0.3 is 14.7 Å². The van der Waals surface area contributed by atoms with Gasteiger partial charge in [-0.2, -0.15) is 0 Å². The molecule has 1 saturated heterocycles. The monoisotopic (exact) mass is 414 g/mol. The van der Waals surface area contributed by atoms with Gasteiger partial charge in [-0.3, -0.25) is 4.98 Å². The van der Waals surface area contributed by atoms with Crippen molar-refractivity contribution in [1.29, 1.82) is 0 Å². The van der Waals surface area contributed by atoms with Gasteiger partial charge in [0.25, 0.3) is 0 Å². The Morgan fingerprint density at radius 1 is 1.24 bits per heavy atom. The van der Waals surface area contributed by atoms with Crippen LogP contribution < -0.4 is 4.74 Å². The van der Waals surface area contributed by atoms with Crippen molar-refractivity contribution >= 4 is 17.7 Å². The van der Waals surface area contributed by atoms with Crippen molar-refractivity contribution < 1.29 is 14.6 Å². The van der Waals surface area contributed by atoms with E-state index >= 15 is 0 Å². The van der Waals surface area contributed by atoms with Crippen LogP contribution in [0.1, 0.15) is 30.0 Å². The number of rotatable bonds is 5. The van der Waals surface area contributed by atoms with Crippen LogP contribution in [-0.2, 0) is 6.61 Å². The summed E-state index contributed by atoms with van der Waals surface area (Å²) in [5, 5.41) is 20.5. The van der Waals surface area contributed by atoms with E-state index in [4.69, 9.17) is 21.4 Å². The van der Waals surface area contributed by atoms with Crippen LogP contribution in [0.2, 0.25) is 5.02 Å².